The van der Waals surface area contributed by atoms with Gasteiger partial charge in [-0.05, 0) is 37.0 Å². The molecule has 3 rings (SSSR count). The fourth-order valence-electron chi connectivity index (χ4n) is 2.60. The first-order valence-electron chi connectivity index (χ1n) is 6.63. The Morgan fingerprint density at radius 1 is 1.45 bits per heavy atom. The average Bonchev–Trinajstić information content (AvgIpc) is 2.84. The van der Waals surface area contributed by atoms with E-state index in [0.29, 0.717) is 17.2 Å². The molecule has 2 aromatic rings. The number of nitrogens with zero attached hydrogens (tertiary/aromatic N) is 1. The van der Waals surface area contributed by atoms with Crippen LogP contribution < -0.4 is 5.56 Å². The predicted molar refractivity (Wildman–Crippen MR) is 73.6 cm³/mol. The summed E-state index contributed by atoms with van der Waals surface area (Å²) in [4.78, 5) is 28.0. The Kier molecular flexibility index (Phi) is 3.18. The first kappa shape index (κ1) is 12.7. The minimum Gasteiger partial charge on any atom is -0.472 e. The summed E-state index contributed by atoms with van der Waals surface area (Å²) in [5, 5.41) is 0. The maximum absolute atomic E-state index is 12.2. The molecule has 5 nitrogen and oxygen atoms in total. The van der Waals surface area contributed by atoms with Gasteiger partial charge in [0.15, 0.2) is 0 Å². The van der Waals surface area contributed by atoms with Gasteiger partial charge in [-0.2, -0.15) is 0 Å². The molecule has 3 heterocycles. The van der Waals surface area contributed by atoms with Gasteiger partial charge in [0.2, 0.25) is 5.56 Å². The molecule has 2 aromatic heterocycles. The van der Waals surface area contributed by atoms with Gasteiger partial charge in [0.25, 0.3) is 5.91 Å². The molecule has 1 amide bonds. The Labute approximate surface area is 116 Å². The summed E-state index contributed by atoms with van der Waals surface area (Å²) >= 11 is 0. The summed E-state index contributed by atoms with van der Waals surface area (Å²) in [5.74, 6) is 0.405. The second-order valence-corrected chi connectivity index (χ2v) is 5.33. The SMILES string of the molecule is Cc1cc(C(=O)N2CC(Cc3ccoc3)C2)cc(=O)[nH]1. The number of carbonyl (C=O) groups excluding carboxylic acids is 1. The highest BCUT2D eigenvalue weighted by Crippen LogP contribution is 2.22. The van der Waals surface area contributed by atoms with Gasteiger partial charge in [-0.15, -0.1) is 0 Å². The molecule has 0 aromatic carbocycles. The van der Waals surface area contributed by atoms with E-state index in [2.05, 4.69) is 4.98 Å². The molecule has 0 saturated carbocycles. The zero-order valence-electron chi connectivity index (χ0n) is 11.3. The Morgan fingerprint density at radius 3 is 2.90 bits per heavy atom. The van der Waals surface area contributed by atoms with Crippen molar-refractivity contribution in [2.45, 2.75) is 13.3 Å². The van der Waals surface area contributed by atoms with Crippen molar-refractivity contribution in [1.29, 1.82) is 0 Å². The van der Waals surface area contributed by atoms with Gasteiger partial charge < -0.3 is 14.3 Å². The Bertz CT molecular complexity index is 667. The van der Waals surface area contributed by atoms with Crippen molar-refractivity contribution in [3.05, 3.63) is 57.9 Å². The highest BCUT2D eigenvalue weighted by atomic mass is 16.3. The molecule has 1 saturated heterocycles. The lowest BCUT2D eigenvalue weighted by Gasteiger charge is -2.39. The predicted octanol–water partition coefficient (Wildman–Crippen LogP) is 1.59. The van der Waals surface area contributed by atoms with Gasteiger partial charge in [0, 0.05) is 30.4 Å². The van der Waals surface area contributed by atoms with Crippen LogP contribution in [-0.4, -0.2) is 28.9 Å². The molecular weight excluding hydrogens is 256 g/mol. The minimum atomic E-state index is -0.233. The number of pyridine rings is 1. The lowest BCUT2D eigenvalue weighted by Crippen LogP contribution is -2.50. The van der Waals surface area contributed by atoms with Crippen LogP contribution in [0.2, 0.25) is 0 Å². The summed E-state index contributed by atoms with van der Waals surface area (Å²) in [6.45, 7) is 3.24. The van der Waals surface area contributed by atoms with Crippen molar-refractivity contribution in [3.63, 3.8) is 0 Å². The van der Waals surface area contributed by atoms with Crippen molar-refractivity contribution < 1.29 is 9.21 Å². The number of nitrogens with one attached hydrogen (secondary N) is 1. The number of likely N-dealkylation sites (tertiary alicyclic amines) is 1. The van der Waals surface area contributed by atoms with Gasteiger partial charge in [-0.1, -0.05) is 0 Å². The first-order chi connectivity index (χ1) is 9.61. The number of aromatic nitrogens is 1. The lowest BCUT2D eigenvalue weighted by molar-refractivity contribution is 0.0500. The Balaban J connectivity index is 1.61. The third-order valence-corrected chi connectivity index (χ3v) is 3.57. The monoisotopic (exact) mass is 272 g/mol. The largest absolute Gasteiger partial charge is 0.472 e. The maximum Gasteiger partial charge on any atom is 0.254 e. The number of amides is 1. The van der Waals surface area contributed by atoms with Crippen molar-refractivity contribution in [3.8, 4) is 0 Å². The molecule has 0 aliphatic carbocycles. The molecule has 0 spiro atoms. The van der Waals surface area contributed by atoms with E-state index in [1.165, 1.54) is 6.07 Å². The summed E-state index contributed by atoms with van der Waals surface area (Å²) in [5.41, 5.74) is 2.10. The molecule has 0 atom stereocenters. The fourth-order valence-corrected chi connectivity index (χ4v) is 2.60. The van der Waals surface area contributed by atoms with E-state index in [1.807, 2.05) is 6.07 Å². The van der Waals surface area contributed by atoms with E-state index in [0.717, 1.165) is 25.1 Å². The Morgan fingerprint density at radius 2 is 2.25 bits per heavy atom. The number of furan rings is 1. The van der Waals surface area contributed by atoms with E-state index >= 15 is 0 Å². The molecule has 104 valence electrons. The zero-order chi connectivity index (χ0) is 14.1. The molecule has 0 unspecified atom stereocenters. The molecule has 0 radical (unpaired) electrons. The van der Waals surface area contributed by atoms with Crippen LogP contribution in [0, 0.1) is 12.8 Å². The van der Waals surface area contributed by atoms with Crippen LogP contribution in [0.4, 0.5) is 0 Å². The van der Waals surface area contributed by atoms with Crippen LogP contribution in [0.15, 0.2) is 39.9 Å². The number of aryl methyl sites for hydroxylation is 1. The number of hydrogen-bond acceptors (Lipinski definition) is 3. The summed E-state index contributed by atoms with van der Waals surface area (Å²) in [7, 11) is 0. The fraction of sp³-hybridized carbons (Fsp3) is 0.333. The van der Waals surface area contributed by atoms with Crippen LogP contribution in [0.3, 0.4) is 0 Å². The molecule has 1 aliphatic rings. The molecule has 1 fully saturated rings. The van der Waals surface area contributed by atoms with Crippen LogP contribution in [0.1, 0.15) is 21.6 Å². The first-order valence-corrected chi connectivity index (χ1v) is 6.63. The normalized spacial score (nSPS) is 15.2. The highest BCUT2D eigenvalue weighted by molar-refractivity contribution is 5.94. The van der Waals surface area contributed by atoms with Gasteiger partial charge in [0.1, 0.15) is 0 Å². The third kappa shape index (κ3) is 2.52. The number of carbonyl (C=O) groups is 1. The van der Waals surface area contributed by atoms with Crippen LogP contribution in [0.25, 0.3) is 0 Å². The zero-order valence-corrected chi connectivity index (χ0v) is 11.3. The van der Waals surface area contributed by atoms with E-state index < -0.39 is 0 Å². The van der Waals surface area contributed by atoms with Crippen LogP contribution >= 0.6 is 0 Å². The van der Waals surface area contributed by atoms with Gasteiger partial charge >= 0.3 is 0 Å². The van der Waals surface area contributed by atoms with Gasteiger partial charge in [-0.25, -0.2) is 0 Å². The third-order valence-electron chi connectivity index (χ3n) is 3.57. The number of H-pyrrole nitrogens is 1. The maximum atomic E-state index is 12.2. The van der Waals surface area contributed by atoms with Crippen LogP contribution in [0.5, 0.6) is 0 Å². The second-order valence-electron chi connectivity index (χ2n) is 5.33. The topological polar surface area (TPSA) is 66.3 Å². The summed E-state index contributed by atoms with van der Waals surface area (Å²) < 4.78 is 5.04. The molecule has 1 N–H and O–H groups in total. The number of rotatable bonds is 3. The quantitative estimate of drug-likeness (QED) is 0.922. The highest BCUT2D eigenvalue weighted by Gasteiger charge is 2.31. The molecule has 20 heavy (non-hydrogen) atoms. The van der Waals surface area contributed by atoms with E-state index in [9.17, 15) is 9.59 Å². The second kappa shape index (κ2) is 5.00. The van der Waals surface area contributed by atoms with Crippen molar-refractivity contribution in [2.75, 3.05) is 13.1 Å². The lowest BCUT2D eigenvalue weighted by atomic mass is 9.92. The minimum absolute atomic E-state index is 0.0670. The average molecular weight is 272 g/mol. The molecule has 1 aliphatic heterocycles. The summed E-state index contributed by atoms with van der Waals surface area (Å²) in [6, 6.07) is 5.02. The van der Waals surface area contributed by atoms with Crippen molar-refractivity contribution in [1.82, 2.24) is 9.88 Å². The smallest absolute Gasteiger partial charge is 0.254 e. The molecule has 0 bridgehead atoms. The van der Waals surface area contributed by atoms with Gasteiger partial charge in [-0.3, -0.25) is 9.59 Å². The number of aromatic amines is 1. The molecular formula is C15H16N2O3. The van der Waals surface area contributed by atoms with Crippen LogP contribution in [-0.2, 0) is 6.42 Å². The van der Waals surface area contributed by atoms with E-state index in [4.69, 9.17) is 4.42 Å². The van der Waals surface area contributed by atoms with Crippen molar-refractivity contribution in [2.24, 2.45) is 5.92 Å². The van der Waals surface area contributed by atoms with E-state index in [-0.39, 0.29) is 11.5 Å². The number of hydrogen-bond donors (Lipinski definition) is 1. The van der Waals surface area contributed by atoms with Gasteiger partial charge in [0.05, 0.1) is 12.5 Å². The Hall–Kier alpha value is -2.30. The standard InChI is InChI=1S/C15H16N2O3/c1-10-4-13(6-14(18)16-10)15(19)17-7-12(8-17)5-11-2-3-20-9-11/h2-4,6,9,12H,5,7-8H2,1H3,(H,16,18). The summed E-state index contributed by atoms with van der Waals surface area (Å²) in [6.07, 6.45) is 4.33. The van der Waals surface area contributed by atoms with Crippen molar-refractivity contribution >= 4 is 5.91 Å². The molecule has 5 heteroatoms. The van der Waals surface area contributed by atoms with E-state index in [1.54, 1.807) is 30.4 Å².